The fourth-order valence-corrected chi connectivity index (χ4v) is 2.94. The van der Waals surface area contributed by atoms with E-state index in [1.54, 1.807) is 6.20 Å². The molecule has 0 amide bonds. The Morgan fingerprint density at radius 3 is 2.68 bits per heavy atom. The second kappa shape index (κ2) is 5.19. The molecule has 0 saturated carbocycles. The lowest BCUT2D eigenvalue weighted by Crippen LogP contribution is -2.24. The van der Waals surface area contributed by atoms with Gasteiger partial charge in [0.25, 0.3) is 0 Å². The van der Waals surface area contributed by atoms with E-state index in [1.807, 2.05) is 53.6 Å². The zero-order valence-corrected chi connectivity index (χ0v) is 12.1. The van der Waals surface area contributed by atoms with Gasteiger partial charge in [-0.2, -0.15) is 0 Å². The largest absolute Gasteiger partial charge is 0.506 e. The van der Waals surface area contributed by atoms with Gasteiger partial charge in [0.05, 0.1) is 11.1 Å². The molecule has 0 radical (unpaired) electrons. The van der Waals surface area contributed by atoms with Crippen LogP contribution in [0.2, 0.25) is 0 Å². The number of fused-ring (bicyclic) bond motifs is 2. The van der Waals surface area contributed by atoms with E-state index in [1.165, 1.54) is 10.8 Å². The average Bonchev–Trinajstić information content (AvgIpc) is 2.93. The van der Waals surface area contributed by atoms with Gasteiger partial charge in [-0.3, -0.25) is 0 Å². The molecule has 2 heterocycles. The van der Waals surface area contributed by atoms with Crippen LogP contribution in [0.25, 0.3) is 11.3 Å². The third-order valence-corrected chi connectivity index (χ3v) is 4.05. The maximum absolute atomic E-state index is 10.2. The van der Waals surface area contributed by atoms with Crippen molar-refractivity contribution >= 4 is 11.3 Å². The lowest BCUT2D eigenvalue weighted by Gasteiger charge is -2.22. The first-order valence-electron chi connectivity index (χ1n) is 7.42. The van der Waals surface area contributed by atoms with E-state index in [9.17, 15) is 5.11 Å². The zero-order valence-electron chi connectivity index (χ0n) is 12.1. The Balaban J connectivity index is 1.69. The summed E-state index contributed by atoms with van der Waals surface area (Å²) in [6.45, 7) is 0.847. The number of aliphatic hydroxyl groups is 1. The van der Waals surface area contributed by atoms with Crippen molar-refractivity contribution < 1.29 is 5.11 Å². The van der Waals surface area contributed by atoms with Crippen molar-refractivity contribution in [1.82, 2.24) is 4.90 Å². The second-order valence-corrected chi connectivity index (χ2v) is 5.49. The SMILES string of the molecule is O/C(=C/N1C=C2N=c3ccccc3=C2CC1)c1ccccc1. The molecule has 0 atom stereocenters. The molecule has 0 fully saturated rings. The first-order valence-corrected chi connectivity index (χ1v) is 7.42. The summed E-state index contributed by atoms with van der Waals surface area (Å²) in [5.41, 5.74) is 3.13. The minimum absolute atomic E-state index is 0.274. The van der Waals surface area contributed by atoms with Crippen molar-refractivity contribution in [3.8, 4) is 0 Å². The van der Waals surface area contributed by atoms with Crippen LogP contribution in [0.5, 0.6) is 0 Å². The Morgan fingerprint density at radius 2 is 1.82 bits per heavy atom. The van der Waals surface area contributed by atoms with Crippen LogP contribution in [0.15, 0.2) is 77.7 Å². The van der Waals surface area contributed by atoms with Gasteiger partial charge >= 0.3 is 0 Å². The molecule has 2 aliphatic heterocycles. The first-order chi connectivity index (χ1) is 10.8. The van der Waals surface area contributed by atoms with Crippen molar-refractivity contribution in [2.24, 2.45) is 4.99 Å². The van der Waals surface area contributed by atoms with Crippen LogP contribution in [-0.2, 0) is 0 Å². The van der Waals surface area contributed by atoms with E-state index in [4.69, 9.17) is 0 Å². The lowest BCUT2D eigenvalue weighted by atomic mass is 10.0. The average molecular weight is 288 g/mol. The topological polar surface area (TPSA) is 35.8 Å². The number of allylic oxidation sites excluding steroid dienone is 1. The summed E-state index contributed by atoms with van der Waals surface area (Å²) >= 11 is 0. The highest BCUT2D eigenvalue weighted by atomic mass is 16.3. The molecule has 0 unspecified atom stereocenters. The smallest absolute Gasteiger partial charge is 0.138 e. The van der Waals surface area contributed by atoms with Gasteiger partial charge in [0.2, 0.25) is 0 Å². The van der Waals surface area contributed by atoms with E-state index >= 15 is 0 Å². The molecule has 0 saturated heterocycles. The van der Waals surface area contributed by atoms with Gasteiger partial charge in [-0.05, 0) is 18.1 Å². The first kappa shape index (κ1) is 12.9. The van der Waals surface area contributed by atoms with E-state index in [0.29, 0.717) is 0 Å². The minimum atomic E-state index is 0.274. The standard InChI is InChI=1S/C19H16N2O/c22-19(14-6-2-1-3-7-14)13-21-11-10-16-15-8-4-5-9-17(15)20-18(16)12-21/h1-9,12-13,22H,10-11H2/b19-13+. The van der Waals surface area contributed by atoms with Crippen LogP contribution in [0.1, 0.15) is 12.0 Å². The van der Waals surface area contributed by atoms with Gasteiger partial charge in [0.1, 0.15) is 5.76 Å². The predicted molar refractivity (Wildman–Crippen MR) is 87.1 cm³/mol. The summed E-state index contributed by atoms with van der Waals surface area (Å²) < 4.78 is 0. The van der Waals surface area contributed by atoms with Crippen LogP contribution < -0.4 is 10.6 Å². The molecular formula is C19H16N2O. The molecule has 0 aromatic heterocycles. The van der Waals surface area contributed by atoms with Crippen molar-refractivity contribution in [2.45, 2.75) is 6.42 Å². The van der Waals surface area contributed by atoms with Crippen molar-refractivity contribution in [2.75, 3.05) is 6.54 Å². The minimum Gasteiger partial charge on any atom is -0.506 e. The normalized spacial score (nSPS) is 16.7. The van der Waals surface area contributed by atoms with Gasteiger partial charge in [-0.15, -0.1) is 0 Å². The molecule has 22 heavy (non-hydrogen) atoms. The fraction of sp³-hybridized carbons (Fsp3) is 0.105. The molecule has 2 aromatic carbocycles. The lowest BCUT2D eigenvalue weighted by molar-refractivity contribution is 0.459. The summed E-state index contributed by atoms with van der Waals surface area (Å²) in [6.07, 6.45) is 4.72. The third-order valence-electron chi connectivity index (χ3n) is 4.05. The van der Waals surface area contributed by atoms with Crippen LogP contribution in [0, 0.1) is 0 Å². The number of hydrogen-bond acceptors (Lipinski definition) is 3. The van der Waals surface area contributed by atoms with E-state index in [0.717, 1.165) is 29.6 Å². The van der Waals surface area contributed by atoms with Crippen LogP contribution in [0.4, 0.5) is 0 Å². The maximum Gasteiger partial charge on any atom is 0.138 e. The maximum atomic E-state index is 10.2. The van der Waals surface area contributed by atoms with E-state index in [-0.39, 0.29) is 5.76 Å². The Kier molecular flexibility index (Phi) is 3.04. The molecule has 3 heteroatoms. The highest BCUT2D eigenvalue weighted by Gasteiger charge is 2.18. The molecule has 3 nitrogen and oxygen atoms in total. The molecule has 0 aliphatic carbocycles. The molecule has 4 rings (SSSR count). The number of benzene rings is 2. The fourth-order valence-electron chi connectivity index (χ4n) is 2.94. The van der Waals surface area contributed by atoms with Gasteiger partial charge in [0, 0.05) is 29.7 Å². The molecule has 2 aliphatic rings. The second-order valence-electron chi connectivity index (χ2n) is 5.49. The Morgan fingerprint density at radius 1 is 1.05 bits per heavy atom. The summed E-state index contributed by atoms with van der Waals surface area (Å²) in [4.78, 5) is 6.69. The number of para-hydroxylation sites is 1. The van der Waals surface area contributed by atoms with Crippen LogP contribution in [0.3, 0.4) is 0 Å². The van der Waals surface area contributed by atoms with E-state index in [2.05, 4.69) is 17.1 Å². The van der Waals surface area contributed by atoms with Crippen LogP contribution >= 0.6 is 0 Å². The molecular weight excluding hydrogens is 272 g/mol. The molecule has 1 N–H and O–H groups in total. The van der Waals surface area contributed by atoms with Gasteiger partial charge in [-0.25, -0.2) is 4.99 Å². The summed E-state index contributed by atoms with van der Waals surface area (Å²) in [7, 11) is 0. The number of hydrogen-bond donors (Lipinski definition) is 1. The number of rotatable bonds is 2. The summed E-state index contributed by atoms with van der Waals surface area (Å²) in [6, 6.07) is 17.8. The van der Waals surface area contributed by atoms with E-state index < -0.39 is 0 Å². The van der Waals surface area contributed by atoms with Crippen LogP contribution in [-0.4, -0.2) is 16.6 Å². The molecule has 108 valence electrons. The zero-order chi connectivity index (χ0) is 14.9. The third kappa shape index (κ3) is 2.21. The quantitative estimate of drug-likeness (QED) is 0.862. The van der Waals surface area contributed by atoms with Crippen molar-refractivity contribution in [3.05, 3.63) is 88.8 Å². The van der Waals surface area contributed by atoms with Gasteiger partial charge in [-0.1, -0.05) is 48.5 Å². The Hall–Kier alpha value is -2.81. The highest BCUT2D eigenvalue weighted by Crippen LogP contribution is 2.25. The van der Waals surface area contributed by atoms with Gasteiger partial charge < -0.3 is 10.0 Å². The number of aliphatic hydroxyl groups excluding tert-OH is 1. The molecule has 0 bridgehead atoms. The molecule has 0 spiro atoms. The predicted octanol–water partition coefficient (Wildman–Crippen LogP) is 2.57. The van der Waals surface area contributed by atoms with Crippen molar-refractivity contribution in [1.29, 1.82) is 0 Å². The van der Waals surface area contributed by atoms with Gasteiger partial charge in [0.15, 0.2) is 0 Å². The highest BCUT2D eigenvalue weighted by molar-refractivity contribution is 5.67. The summed E-state index contributed by atoms with van der Waals surface area (Å²) in [5.74, 6) is 0.274. The van der Waals surface area contributed by atoms with Crippen molar-refractivity contribution in [3.63, 3.8) is 0 Å². The monoisotopic (exact) mass is 288 g/mol. The Labute approximate surface area is 128 Å². The number of nitrogens with zero attached hydrogens (tertiary/aromatic N) is 2. The summed E-state index contributed by atoms with van der Waals surface area (Å²) in [5, 5.41) is 12.5. The Bertz CT molecular complexity index is 895. The molecule has 2 aromatic rings.